The molecule has 37 heavy (non-hydrogen) atoms. The normalized spacial score (nSPS) is 19.2. The molecule has 0 unspecified atom stereocenters. The average molecular weight is 537 g/mol. The number of anilines is 1. The number of likely N-dealkylation sites (N-methyl/N-ethyl adjacent to an activating group) is 1. The van der Waals surface area contributed by atoms with Gasteiger partial charge in [0.2, 0.25) is 0 Å². The summed E-state index contributed by atoms with van der Waals surface area (Å²) in [5, 5.41) is 15.2. The van der Waals surface area contributed by atoms with Crippen LogP contribution in [0.25, 0.3) is 0 Å². The molecule has 2 heterocycles. The molecule has 1 aromatic heterocycles. The van der Waals surface area contributed by atoms with Gasteiger partial charge in [0, 0.05) is 44.5 Å². The number of hydrogen-bond donors (Lipinski definition) is 3. The summed E-state index contributed by atoms with van der Waals surface area (Å²) < 4.78 is 35.1. The smallest absolute Gasteiger partial charge is 0.319 e. The summed E-state index contributed by atoms with van der Waals surface area (Å²) in [6.45, 7) is 7.25. The molecule has 3 amide bonds. The van der Waals surface area contributed by atoms with Crippen LogP contribution < -0.4 is 15.4 Å². The van der Waals surface area contributed by atoms with E-state index in [0.717, 1.165) is 0 Å². The summed E-state index contributed by atoms with van der Waals surface area (Å²) in [6.07, 6.45) is 2.22. The lowest BCUT2D eigenvalue weighted by molar-refractivity contribution is 0.0387. The van der Waals surface area contributed by atoms with Crippen molar-refractivity contribution in [2.24, 2.45) is 13.0 Å². The molecule has 13 heteroatoms. The Bertz CT molecular complexity index is 1230. The van der Waals surface area contributed by atoms with E-state index in [1.807, 2.05) is 20.8 Å². The first-order valence-corrected chi connectivity index (χ1v) is 13.5. The van der Waals surface area contributed by atoms with Crippen LogP contribution in [0.4, 0.5) is 10.5 Å². The first-order chi connectivity index (χ1) is 17.3. The number of hydrogen-bond acceptors (Lipinski definition) is 7. The van der Waals surface area contributed by atoms with Gasteiger partial charge in [0.05, 0.1) is 31.1 Å². The molecule has 0 spiro atoms. The van der Waals surface area contributed by atoms with E-state index in [9.17, 15) is 23.1 Å². The number of nitrogens with zero attached hydrogens (tertiary/aromatic N) is 4. The van der Waals surface area contributed by atoms with Crippen LogP contribution in [0.1, 0.15) is 38.1 Å². The molecule has 3 N–H and O–H groups in total. The Kier molecular flexibility index (Phi) is 8.82. The first-order valence-electron chi connectivity index (χ1n) is 12.1. The molecular formula is C24H36N6O6S. The van der Waals surface area contributed by atoms with Crippen LogP contribution in [-0.2, 0) is 17.1 Å². The average Bonchev–Trinajstić information content (AvgIpc) is 3.27. The van der Waals surface area contributed by atoms with Crippen LogP contribution in [0.15, 0.2) is 35.7 Å². The molecule has 0 aliphatic carbocycles. The van der Waals surface area contributed by atoms with Crippen LogP contribution in [0.2, 0.25) is 0 Å². The van der Waals surface area contributed by atoms with Gasteiger partial charge in [-0.3, -0.25) is 4.79 Å². The number of ether oxygens (including phenoxy) is 1. The number of amides is 3. The third kappa shape index (κ3) is 6.59. The van der Waals surface area contributed by atoms with Crippen LogP contribution in [0.5, 0.6) is 5.75 Å². The summed E-state index contributed by atoms with van der Waals surface area (Å²) in [5.74, 6) is -0.374. The van der Waals surface area contributed by atoms with Gasteiger partial charge in [-0.25, -0.2) is 18.2 Å². The molecule has 0 fully saturated rings. The number of aliphatic hydroxyl groups is 1. The zero-order valence-electron chi connectivity index (χ0n) is 22.0. The number of benzene rings is 1. The Morgan fingerprint density at radius 1 is 1.32 bits per heavy atom. The van der Waals surface area contributed by atoms with Gasteiger partial charge in [0.1, 0.15) is 11.9 Å². The lowest BCUT2D eigenvalue weighted by Gasteiger charge is -2.38. The lowest BCUT2D eigenvalue weighted by Crippen LogP contribution is -2.50. The Hall–Kier alpha value is -3.16. The number of imidazole rings is 1. The van der Waals surface area contributed by atoms with Crippen LogP contribution in [0, 0.1) is 5.92 Å². The number of rotatable bonds is 8. The van der Waals surface area contributed by atoms with E-state index in [2.05, 4.69) is 15.6 Å². The van der Waals surface area contributed by atoms with E-state index in [4.69, 9.17) is 4.74 Å². The van der Waals surface area contributed by atoms with Crippen molar-refractivity contribution in [2.75, 3.05) is 32.1 Å². The topological polar surface area (TPSA) is 146 Å². The van der Waals surface area contributed by atoms with Gasteiger partial charge in [-0.2, -0.15) is 4.31 Å². The minimum Gasteiger partial charge on any atom is -0.488 e. The molecule has 0 bridgehead atoms. The zero-order valence-corrected chi connectivity index (χ0v) is 22.8. The van der Waals surface area contributed by atoms with E-state index >= 15 is 0 Å². The molecule has 1 aromatic carbocycles. The maximum Gasteiger partial charge on any atom is 0.319 e. The van der Waals surface area contributed by atoms with Crippen LogP contribution >= 0.6 is 0 Å². The minimum atomic E-state index is -3.87. The SMILES string of the molecule is CC(C)NC(=O)Nc1ccc2c(c1)C(=O)N([C@H](C)CO)C[C@@H](C)[C@H](CN(C)S(=O)(=O)c1cn(C)cn1)O2. The van der Waals surface area contributed by atoms with Gasteiger partial charge >= 0.3 is 6.03 Å². The maximum atomic E-state index is 13.5. The monoisotopic (exact) mass is 536 g/mol. The van der Waals surface area contributed by atoms with Crippen molar-refractivity contribution >= 4 is 27.6 Å². The van der Waals surface area contributed by atoms with Crippen molar-refractivity contribution in [3.63, 3.8) is 0 Å². The predicted molar refractivity (Wildman–Crippen MR) is 138 cm³/mol. The second-order valence-corrected chi connectivity index (χ2v) is 11.7. The fourth-order valence-corrected chi connectivity index (χ4v) is 5.12. The van der Waals surface area contributed by atoms with Gasteiger partial charge in [-0.15, -0.1) is 0 Å². The van der Waals surface area contributed by atoms with Crippen LogP contribution in [-0.4, -0.2) is 89.2 Å². The number of sulfonamides is 1. The van der Waals surface area contributed by atoms with Crippen LogP contribution in [0.3, 0.4) is 0 Å². The van der Waals surface area contributed by atoms with Gasteiger partial charge in [0.25, 0.3) is 15.9 Å². The van der Waals surface area contributed by atoms with Crippen molar-refractivity contribution in [2.45, 2.75) is 50.9 Å². The van der Waals surface area contributed by atoms with Crippen molar-refractivity contribution in [3.8, 4) is 5.75 Å². The van der Waals surface area contributed by atoms with E-state index in [0.29, 0.717) is 5.69 Å². The highest BCUT2D eigenvalue weighted by atomic mass is 32.2. The minimum absolute atomic E-state index is 0.00580. The van der Waals surface area contributed by atoms with Gasteiger partial charge < -0.3 is 29.9 Å². The largest absolute Gasteiger partial charge is 0.488 e. The fraction of sp³-hybridized carbons (Fsp3) is 0.542. The lowest BCUT2D eigenvalue weighted by atomic mass is 9.99. The predicted octanol–water partition coefficient (Wildman–Crippen LogP) is 1.49. The molecular weight excluding hydrogens is 500 g/mol. The number of fused-ring (bicyclic) bond motifs is 1. The third-order valence-corrected chi connectivity index (χ3v) is 7.84. The number of urea groups is 1. The van der Waals surface area contributed by atoms with Crippen molar-refractivity contribution < 1.29 is 27.9 Å². The summed E-state index contributed by atoms with van der Waals surface area (Å²) in [5.41, 5.74) is 0.597. The molecule has 1 aliphatic heterocycles. The molecule has 12 nitrogen and oxygen atoms in total. The Morgan fingerprint density at radius 3 is 2.62 bits per heavy atom. The third-order valence-electron chi connectivity index (χ3n) is 6.14. The quantitative estimate of drug-likeness (QED) is 0.463. The van der Waals surface area contributed by atoms with E-state index in [-0.39, 0.29) is 53.9 Å². The van der Waals surface area contributed by atoms with E-state index in [1.54, 1.807) is 35.6 Å². The number of carbonyl (C=O) groups excluding carboxylic acids is 2. The standard InChI is InChI=1S/C24H36N6O6S/c1-15(2)26-24(33)27-18-7-8-20-19(9-18)23(32)30(17(4)13-31)10-16(3)21(36-20)11-29(6)37(34,35)22-12-28(5)14-25-22/h7-9,12,14-17,21,31H,10-11,13H2,1-6H3,(H2,26,27,33)/t16-,17-,21+/m1/s1. The summed E-state index contributed by atoms with van der Waals surface area (Å²) >= 11 is 0. The number of aromatic nitrogens is 2. The number of aryl methyl sites for hydroxylation is 1. The Balaban J connectivity index is 1.95. The van der Waals surface area contributed by atoms with Gasteiger partial charge in [-0.1, -0.05) is 6.92 Å². The Labute approximate surface area is 217 Å². The maximum absolute atomic E-state index is 13.5. The molecule has 0 radical (unpaired) electrons. The number of aliphatic hydroxyl groups excluding tert-OH is 1. The highest BCUT2D eigenvalue weighted by molar-refractivity contribution is 7.89. The van der Waals surface area contributed by atoms with E-state index < -0.39 is 28.2 Å². The molecule has 0 saturated carbocycles. The summed E-state index contributed by atoms with van der Waals surface area (Å²) in [4.78, 5) is 31.2. The highest BCUT2D eigenvalue weighted by Crippen LogP contribution is 2.31. The van der Waals surface area contributed by atoms with Gasteiger partial charge in [-0.05, 0) is 39.0 Å². The first kappa shape index (κ1) is 28.4. The number of carbonyl (C=O) groups is 2. The van der Waals surface area contributed by atoms with Crippen molar-refractivity contribution in [3.05, 3.63) is 36.3 Å². The highest BCUT2D eigenvalue weighted by Gasteiger charge is 2.35. The molecule has 2 aromatic rings. The van der Waals surface area contributed by atoms with Gasteiger partial charge in [0.15, 0.2) is 5.03 Å². The number of nitrogens with one attached hydrogen (secondary N) is 2. The molecule has 204 valence electrons. The molecule has 3 atom stereocenters. The second kappa shape index (κ2) is 11.5. The van der Waals surface area contributed by atoms with E-state index in [1.165, 1.54) is 29.9 Å². The summed E-state index contributed by atoms with van der Waals surface area (Å²) in [6, 6.07) is 3.74. The molecule has 3 rings (SSSR count). The summed E-state index contributed by atoms with van der Waals surface area (Å²) in [7, 11) is -0.724. The Morgan fingerprint density at radius 2 is 2.03 bits per heavy atom. The molecule has 1 aliphatic rings. The zero-order chi connectivity index (χ0) is 27.5. The van der Waals surface area contributed by atoms with Crippen molar-refractivity contribution in [1.82, 2.24) is 24.1 Å². The van der Waals surface area contributed by atoms with Crippen molar-refractivity contribution in [1.29, 1.82) is 0 Å². The fourth-order valence-electron chi connectivity index (χ4n) is 3.98. The molecule has 0 saturated heterocycles. The second-order valence-electron chi connectivity index (χ2n) is 9.75.